The first kappa shape index (κ1) is 14.0. The Morgan fingerprint density at radius 3 is 2.59 bits per heavy atom. The summed E-state index contributed by atoms with van der Waals surface area (Å²) in [7, 11) is -2.94. The SMILES string of the molecule is C/C=C/C=C/C(=O)N(CC)C1CCS(=O)(=O)C1. The fraction of sp³-hybridized carbons (Fsp3) is 0.583. The number of hydrogen-bond acceptors (Lipinski definition) is 3. The number of sulfone groups is 1. The summed E-state index contributed by atoms with van der Waals surface area (Å²) in [5.74, 6) is 0.178. The standard InChI is InChI=1S/C12H19NO3S/c1-3-5-6-7-12(14)13(4-2)11-8-9-17(15,16)10-11/h3,5-7,11H,4,8-10H2,1-2H3/b5-3+,7-6+. The zero-order valence-corrected chi connectivity index (χ0v) is 11.1. The molecule has 1 aliphatic heterocycles. The average molecular weight is 257 g/mol. The Balaban J connectivity index is 2.69. The van der Waals surface area contributed by atoms with Gasteiger partial charge in [-0.3, -0.25) is 4.79 Å². The molecule has 1 heterocycles. The van der Waals surface area contributed by atoms with Crippen molar-refractivity contribution in [2.24, 2.45) is 0 Å². The molecule has 17 heavy (non-hydrogen) atoms. The van der Waals surface area contributed by atoms with E-state index < -0.39 is 9.84 Å². The highest BCUT2D eigenvalue weighted by atomic mass is 32.2. The van der Waals surface area contributed by atoms with Crippen molar-refractivity contribution in [2.75, 3.05) is 18.1 Å². The highest BCUT2D eigenvalue weighted by Gasteiger charge is 2.33. The van der Waals surface area contributed by atoms with Gasteiger partial charge in [-0.15, -0.1) is 0 Å². The zero-order chi connectivity index (χ0) is 12.9. The van der Waals surface area contributed by atoms with Crippen molar-refractivity contribution in [3.8, 4) is 0 Å². The van der Waals surface area contributed by atoms with Crippen molar-refractivity contribution in [1.82, 2.24) is 4.90 Å². The molecule has 0 bridgehead atoms. The van der Waals surface area contributed by atoms with Crippen LogP contribution >= 0.6 is 0 Å². The summed E-state index contributed by atoms with van der Waals surface area (Å²) in [4.78, 5) is 13.5. The lowest BCUT2D eigenvalue weighted by molar-refractivity contribution is -0.127. The molecular weight excluding hydrogens is 238 g/mol. The van der Waals surface area contributed by atoms with Gasteiger partial charge in [0.15, 0.2) is 9.84 Å². The molecule has 1 aliphatic rings. The lowest BCUT2D eigenvalue weighted by Crippen LogP contribution is -2.40. The van der Waals surface area contributed by atoms with Gasteiger partial charge in [0.05, 0.1) is 11.5 Å². The first-order valence-electron chi connectivity index (χ1n) is 5.80. The second-order valence-corrected chi connectivity index (χ2v) is 6.29. The molecule has 0 N–H and O–H groups in total. The third kappa shape index (κ3) is 4.00. The smallest absolute Gasteiger partial charge is 0.246 e. The molecule has 96 valence electrons. The van der Waals surface area contributed by atoms with E-state index in [1.54, 1.807) is 17.1 Å². The topological polar surface area (TPSA) is 54.5 Å². The van der Waals surface area contributed by atoms with Crippen LogP contribution in [0.5, 0.6) is 0 Å². The largest absolute Gasteiger partial charge is 0.335 e. The second kappa shape index (κ2) is 6.00. The zero-order valence-electron chi connectivity index (χ0n) is 10.3. The van der Waals surface area contributed by atoms with Crippen LogP contribution in [0.1, 0.15) is 20.3 Å². The van der Waals surface area contributed by atoms with E-state index in [-0.39, 0.29) is 23.5 Å². The van der Waals surface area contributed by atoms with Gasteiger partial charge in [0.1, 0.15) is 0 Å². The van der Waals surface area contributed by atoms with Gasteiger partial charge in [0.25, 0.3) is 0 Å². The van der Waals surface area contributed by atoms with Crippen molar-refractivity contribution in [3.63, 3.8) is 0 Å². The van der Waals surface area contributed by atoms with Gasteiger partial charge < -0.3 is 4.90 Å². The Bertz CT molecular complexity index is 423. The second-order valence-electron chi connectivity index (χ2n) is 4.07. The third-order valence-electron chi connectivity index (χ3n) is 2.82. The van der Waals surface area contributed by atoms with Crippen LogP contribution < -0.4 is 0 Å². The van der Waals surface area contributed by atoms with Crippen molar-refractivity contribution < 1.29 is 13.2 Å². The van der Waals surface area contributed by atoms with Crippen LogP contribution in [0.25, 0.3) is 0 Å². The van der Waals surface area contributed by atoms with Crippen molar-refractivity contribution in [3.05, 3.63) is 24.3 Å². The number of carbonyl (C=O) groups is 1. The minimum Gasteiger partial charge on any atom is -0.335 e. The summed E-state index contributed by atoms with van der Waals surface area (Å²) in [5.41, 5.74) is 0. The molecule has 0 aromatic rings. The number of amides is 1. The van der Waals surface area contributed by atoms with Crippen LogP contribution in [0, 0.1) is 0 Å². The molecule has 1 unspecified atom stereocenters. The highest BCUT2D eigenvalue weighted by Crippen LogP contribution is 2.17. The monoisotopic (exact) mass is 257 g/mol. The van der Waals surface area contributed by atoms with Crippen LogP contribution in [0.2, 0.25) is 0 Å². The maximum Gasteiger partial charge on any atom is 0.246 e. The quantitative estimate of drug-likeness (QED) is 0.561. The minimum atomic E-state index is -2.94. The fourth-order valence-electron chi connectivity index (χ4n) is 1.96. The molecule has 0 saturated carbocycles. The molecule has 0 aliphatic carbocycles. The van der Waals surface area contributed by atoms with Crippen LogP contribution in [0.15, 0.2) is 24.3 Å². The normalized spacial score (nSPS) is 23.5. The average Bonchev–Trinajstić information content (AvgIpc) is 2.60. The Morgan fingerprint density at radius 1 is 1.41 bits per heavy atom. The van der Waals surface area contributed by atoms with E-state index in [2.05, 4.69) is 0 Å². The summed E-state index contributed by atoms with van der Waals surface area (Å²) < 4.78 is 22.8. The molecule has 0 aromatic carbocycles. The van der Waals surface area contributed by atoms with E-state index in [9.17, 15) is 13.2 Å². The van der Waals surface area contributed by atoms with E-state index in [0.29, 0.717) is 13.0 Å². The van der Waals surface area contributed by atoms with E-state index in [4.69, 9.17) is 0 Å². The number of carbonyl (C=O) groups excluding carboxylic acids is 1. The van der Waals surface area contributed by atoms with Crippen LogP contribution in [-0.2, 0) is 14.6 Å². The molecule has 0 radical (unpaired) electrons. The molecule has 1 rings (SSSR count). The number of hydrogen-bond donors (Lipinski definition) is 0. The summed E-state index contributed by atoms with van der Waals surface area (Å²) in [6, 6.07) is -0.159. The third-order valence-corrected chi connectivity index (χ3v) is 4.57. The Hall–Kier alpha value is -1.10. The summed E-state index contributed by atoms with van der Waals surface area (Å²) in [5, 5.41) is 0. The first-order valence-corrected chi connectivity index (χ1v) is 7.62. The highest BCUT2D eigenvalue weighted by molar-refractivity contribution is 7.91. The van der Waals surface area contributed by atoms with Gasteiger partial charge in [0, 0.05) is 18.7 Å². The van der Waals surface area contributed by atoms with Crippen LogP contribution in [0.4, 0.5) is 0 Å². The molecule has 0 aromatic heterocycles. The molecular formula is C12H19NO3S. The van der Waals surface area contributed by atoms with Gasteiger partial charge >= 0.3 is 0 Å². The Labute approximate surface area is 103 Å². The van der Waals surface area contributed by atoms with Gasteiger partial charge in [0.2, 0.25) is 5.91 Å². The first-order chi connectivity index (χ1) is 8.00. The van der Waals surface area contributed by atoms with Crippen molar-refractivity contribution in [1.29, 1.82) is 0 Å². The number of nitrogens with zero attached hydrogens (tertiary/aromatic N) is 1. The molecule has 4 nitrogen and oxygen atoms in total. The number of likely N-dealkylation sites (N-methyl/N-ethyl adjacent to an activating group) is 1. The lowest BCUT2D eigenvalue weighted by Gasteiger charge is -2.25. The minimum absolute atomic E-state index is 0.101. The fourth-order valence-corrected chi connectivity index (χ4v) is 3.69. The van der Waals surface area contributed by atoms with Crippen molar-refractivity contribution >= 4 is 15.7 Å². The van der Waals surface area contributed by atoms with Crippen LogP contribution in [0.3, 0.4) is 0 Å². The summed E-state index contributed by atoms with van der Waals surface area (Å²) in [6.07, 6.45) is 7.32. The van der Waals surface area contributed by atoms with E-state index >= 15 is 0 Å². The lowest BCUT2D eigenvalue weighted by atomic mass is 10.2. The molecule has 0 spiro atoms. The van der Waals surface area contributed by atoms with Gasteiger partial charge in [-0.1, -0.05) is 18.2 Å². The summed E-state index contributed by atoms with van der Waals surface area (Å²) >= 11 is 0. The predicted octanol–water partition coefficient (Wildman–Crippen LogP) is 1.15. The Kier molecular flexibility index (Phi) is 4.93. The molecule has 1 saturated heterocycles. The van der Waals surface area contributed by atoms with Gasteiger partial charge in [-0.2, -0.15) is 0 Å². The predicted molar refractivity (Wildman–Crippen MR) is 68.4 cm³/mol. The molecule has 1 amide bonds. The molecule has 1 atom stereocenters. The van der Waals surface area contributed by atoms with E-state index in [0.717, 1.165) is 0 Å². The van der Waals surface area contributed by atoms with E-state index in [1.807, 2.05) is 19.9 Å². The maximum atomic E-state index is 11.9. The van der Waals surface area contributed by atoms with E-state index in [1.165, 1.54) is 6.08 Å². The molecule has 1 fully saturated rings. The summed E-state index contributed by atoms with van der Waals surface area (Å²) in [6.45, 7) is 4.28. The van der Waals surface area contributed by atoms with Crippen molar-refractivity contribution in [2.45, 2.75) is 26.3 Å². The number of allylic oxidation sites excluding steroid dienone is 3. The number of rotatable bonds is 4. The van der Waals surface area contributed by atoms with Crippen LogP contribution in [-0.4, -0.2) is 43.3 Å². The van der Waals surface area contributed by atoms with Gasteiger partial charge in [-0.25, -0.2) is 8.42 Å². The maximum absolute atomic E-state index is 11.9. The van der Waals surface area contributed by atoms with Gasteiger partial charge in [-0.05, 0) is 20.3 Å². The Morgan fingerprint density at radius 2 is 2.12 bits per heavy atom. The molecule has 5 heteroatoms.